The molecule has 13 nitrogen and oxygen atoms in total. The van der Waals surface area contributed by atoms with Gasteiger partial charge in [0.25, 0.3) is 0 Å². The van der Waals surface area contributed by atoms with E-state index in [-0.39, 0.29) is 17.9 Å². The summed E-state index contributed by atoms with van der Waals surface area (Å²) in [6.45, 7) is 53.2. The average Bonchev–Trinajstić information content (AvgIpc) is 3.31. The Balaban J connectivity index is 0.000000417. The van der Waals surface area contributed by atoms with E-state index >= 15 is 0 Å². The number of piperidine rings is 4. The van der Waals surface area contributed by atoms with Crippen molar-refractivity contribution in [3.8, 4) is 0 Å². The first-order chi connectivity index (χ1) is 32.0. The monoisotopic (exact) mass is 966 g/mol. The molecule has 68 heavy (non-hydrogen) atoms. The molecule has 6 aliphatic rings. The Labute approximate surface area is 423 Å². The Bertz CT molecular complexity index is 1140. The maximum absolute atomic E-state index is 9.92. The molecular weight excluding hydrogens is 847 g/mol. The molecule has 1 amide bonds. The van der Waals surface area contributed by atoms with Crippen molar-refractivity contribution in [2.75, 3.05) is 146 Å². The smallest absolute Gasteiger partial charge is 0.219 e. The minimum Gasteiger partial charge on any atom is -0.393 e. The second kappa shape index (κ2) is 36.0. The van der Waals surface area contributed by atoms with Crippen molar-refractivity contribution < 1.29 is 9.90 Å². The van der Waals surface area contributed by atoms with Gasteiger partial charge in [0.2, 0.25) is 5.91 Å². The number of amides is 1. The van der Waals surface area contributed by atoms with Crippen molar-refractivity contribution in [2.24, 2.45) is 11.7 Å². The van der Waals surface area contributed by atoms with Gasteiger partial charge in [0, 0.05) is 120 Å². The average molecular weight is 967 g/mol. The number of hydrogen-bond acceptors (Lipinski definition) is 12. The lowest BCUT2D eigenvalue weighted by Gasteiger charge is -2.43. The second-order valence-corrected chi connectivity index (χ2v) is 23.0. The number of nitrogens with two attached hydrogens (primary N) is 1. The molecule has 406 valence electrons. The molecule has 6 fully saturated rings. The second-order valence-electron chi connectivity index (χ2n) is 23.0. The molecule has 6 saturated heterocycles. The quantitative estimate of drug-likeness (QED) is 0.242. The van der Waals surface area contributed by atoms with Gasteiger partial charge >= 0.3 is 0 Å². The minimum atomic E-state index is -0.241. The summed E-state index contributed by atoms with van der Waals surface area (Å²) >= 11 is 0. The Kier molecular flexibility index (Phi) is 34.5. The maximum atomic E-state index is 9.92. The number of hydrogen-bond donors (Lipinski definition) is 2. The number of primary amides is 1. The number of carbonyl (C=O) groups is 1. The van der Waals surface area contributed by atoms with E-state index in [0.717, 1.165) is 68.2 Å². The number of likely N-dealkylation sites (tertiary alicyclic amines) is 4. The highest BCUT2D eigenvalue weighted by molar-refractivity contribution is 5.75. The molecule has 13 heteroatoms. The molecule has 0 radical (unpaired) electrons. The Hall–Kier alpha value is -0.970. The van der Waals surface area contributed by atoms with Gasteiger partial charge in [0.15, 0.2) is 0 Å². The summed E-state index contributed by atoms with van der Waals surface area (Å²) in [7, 11) is 8.81. The van der Waals surface area contributed by atoms with Crippen LogP contribution in [0.2, 0.25) is 0 Å². The van der Waals surface area contributed by atoms with Crippen LogP contribution in [-0.2, 0) is 4.79 Å². The number of carbonyl (C=O) groups excluding carboxylic acids is 1. The predicted octanol–water partition coefficient (Wildman–Crippen LogP) is 6.35. The van der Waals surface area contributed by atoms with E-state index in [0.29, 0.717) is 6.04 Å². The van der Waals surface area contributed by atoms with Crippen LogP contribution in [0.1, 0.15) is 148 Å². The third kappa shape index (κ3) is 27.2. The summed E-state index contributed by atoms with van der Waals surface area (Å²) in [4.78, 5) is 35.2. The van der Waals surface area contributed by atoms with Crippen molar-refractivity contribution >= 4 is 5.91 Å². The van der Waals surface area contributed by atoms with Gasteiger partial charge in [0.1, 0.15) is 0 Å². The van der Waals surface area contributed by atoms with Gasteiger partial charge in [-0.25, -0.2) is 0 Å². The molecule has 0 aromatic carbocycles. The van der Waals surface area contributed by atoms with Crippen LogP contribution in [0.15, 0.2) is 0 Å². The van der Waals surface area contributed by atoms with Crippen molar-refractivity contribution in [1.82, 2.24) is 49.0 Å². The van der Waals surface area contributed by atoms with Gasteiger partial charge in [-0.2, -0.15) is 0 Å². The number of aliphatic hydroxyl groups is 1. The van der Waals surface area contributed by atoms with E-state index in [2.05, 4.69) is 160 Å². The molecule has 0 unspecified atom stereocenters. The lowest BCUT2D eigenvalue weighted by atomic mass is 10.0. The SMILES string of the molecule is CC(C)C(N)=O.CC(C)N1CCC(N(C)C)CC1.CC(C)N1CCC(N2CCN(C)CC2)CC1.CC(C)N1CCC(O)CC1.CC(C)N1CCN(C)CC1.CCN(CC)C1CCN(C(C)C)CC1. The van der Waals surface area contributed by atoms with Crippen LogP contribution >= 0.6 is 0 Å². The van der Waals surface area contributed by atoms with Gasteiger partial charge in [-0.1, -0.05) is 27.7 Å². The standard InChI is InChI=1S/C13H27N3.C12H26N2.C10H22N2.C8H18N2.C8H17NO.C4H9NO/c1-12(2)15-6-4-13(5-7-15)16-10-8-14(3)9-11-16;1-5-13(6-2)12-7-9-14(10-8-12)11(3)4;1-9(2)12-7-5-10(6-8-12)11(3)4;1-8(2)10-6-4-9(3)5-7-10;1-7(2)9-5-3-8(10)4-6-9;1-3(2)4(5)6/h12-13H,4-11H2,1-3H3;11-12H,5-10H2,1-4H3;9-10H,5-8H2,1-4H3;8H,4-7H2,1-3H3;7-8,10H,3-6H2,1-2H3;3H,1-2H3,(H2,5,6). The van der Waals surface area contributed by atoms with E-state index in [9.17, 15) is 9.90 Å². The van der Waals surface area contributed by atoms with Crippen LogP contribution in [-0.4, -0.2) is 260 Å². The Morgan fingerprint density at radius 1 is 0.471 bits per heavy atom. The number of nitrogens with zero attached hydrogens (tertiary/aromatic N) is 10. The molecule has 0 aliphatic carbocycles. The molecule has 6 aliphatic heterocycles. The van der Waals surface area contributed by atoms with Gasteiger partial charge in [-0.15, -0.1) is 0 Å². The highest BCUT2D eigenvalue weighted by atomic mass is 16.3. The number of rotatable bonds is 11. The molecule has 0 spiro atoms. The number of aliphatic hydroxyl groups excluding tert-OH is 1. The van der Waals surface area contributed by atoms with Gasteiger partial charge in [-0.3, -0.25) is 14.6 Å². The summed E-state index contributed by atoms with van der Waals surface area (Å²) < 4.78 is 0. The lowest BCUT2D eigenvalue weighted by molar-refractivity contribution is -0.120. The number of likely N-dealkylation sites (N-methyl/N-ethyl adjacent to an activating group) is 2. The van der Waals surface area contributed by atoms with Crippen LogP contribution in [0.4, 0.5) is 0 Å². The summed E-state index contributed by atoms with van der Waals surface area (Å²) in [5.41, 5.74) is 4.80. The molecule has 0 atom stereocenters. The summed E-state index contributed by atoms with van der Waals surface area (Å²) in [5.74, 6) is -0.250. The van der Waals surface area contributed by atoms with Crippen LogP contribution < -0.4 is 5.73 Å². The van der Waals surface area contributed by atoms with Gasteiger partial charge in [-0.05, 0) is 201 Å². The predicted molar refractivity (Wildman–Crippen MR) is 295 cm³/mol. The lowest BCUT2D eigenvalue weighted by Crippen LogP contribution is -2.53. The molecular formula is C55H119N11O2. The highest BCUT2D eigenvalue weighted by Gasteiger charge is 2.28. The molecule has 0 saturated carbocycles. The first-order valence-corrected chi connectivity index (χ1v) is 28.2. The van der Waals surface area contributed by atoms with Crippen molar-refractivity contribution in [2.45, 2.75) is 203 Å². The molecule has 0 aromatic rings. The topological polar surface area (TPSA) is 95.7 Å². The van der Waals surface area contributed by atoms with E-state index < -0.39 is 0 Å². The Morgan fingerprint density at radius 3 is 1.04 bits per heavy atom. The fraction of sp³-hybridized carbons (Fsp3) is 0.982. The largest absolute Gasteiger partial charge is 0.393 e. The third-order valence-corrected chi connectivity index (χ3v) is 15.9. The van der Waals surface area contributed by atoms with E-state index in [1.807, 2.05) is 0 Å². The number of piperazine rings is 2. The van der Waals surface area contributed by atoms with Crippen molar-refractivity contribution in [3.05, 3.63) is 0 Å². The molecule has 6 heterocycles. The van der Waals surface area contributed by atoms with Crippen LogP contribution in [0.5, 0.6) is 0 Å². The first-order valence-electron chi connectivity index (χ1n) is 28.2. The molecule has 0 bridgehead atoms. The third-order valence-electron chi connectivity index (χ3n) is 15.9. The van der Waals surface area contributed by atoms with E-state index in [1.54, 1.807) is 13.8 Å². The maximum Gasteiger partial charge on any atom is 0.219 e. The summed E-state index contributed by atoms with van der Waals surface area (Å²) in [6, 6.07) is 6.10. The molecule has 3 N–H and O–H groups in total. The van der Waals surface area contributed by atoms with Crippen LogP contribution in [0, 0.1) is 5.92 Å². The zero-order valence-corrected chi connectivity index (χ0v) is 48.6. The minimum absolute atomic E-state index is 0.00926. The summed E-state index contributed by atoms with van der Waals surface area (Å²) in [6.07, 6.45) is 10.0. The van der Waals surface area contributed by atoms with Crippen LogP contribution in [0.3, 0.4) is 0 Å². The summed E-state index contributed by atoms with van der Waals surface area (Å²) in [5, 5.41) is 9.18. The fourth-order valence-electron chi connectivity index (χ4n) is 10.1. The zero-order chi connectivity index (χ0) is 51.5. The highest BCUT2D eigenvalue weighted by Crippen LogP contribution is 2.21. The fourth-order valence-corrected chi connectivity index (χ4v) is 10.1. The van der Waals surface area contributed by atoms with E-state index in [1.165, 1.54) is 143 Å². The van der Waals surface area contributed by atoms with Gasteiger partial charge < -0.3 is 50.0 Å². The Morgan fingerprint density at radius 2 is 0.750 bits per heavy atom. The van der Waals surface area contributed by atoms with Crippen LogP contribution in [0.25, 0.3) is 0 Å². The van der Waals surface area contributed by atoms with Crippen molar-refractivity contribution in [3.63, 3.8) is 0 Å². The normalized spacial score (nSPS) is 22.7. The molecule has 6 rings (SSSR count). The molecule has 0 aromatic heterocycles. The van der Waals surface area contributed by atoms with Crippen molar-refractivity contribution in [1.29, 1.82) is 0 Å². The van der Waals surface area contributed by atoms with E-state index in [4.69, 9.17) is 5.73 Å². The van der Waals surface area contributed by atoms with Gasteiger partial charge in [0.05, 0.1) is 6.10 Å². The first kappa shape index (κ1) is 65.0. The zero-order valence-electron chi connectivity index (χ0n) is 48.6.